The largest absolute Gasteiger partial charge is 0.311 e. The van der Waals surface area contributed by atoms with E-state index in [-0.39, 0.29) is 18.1 Å². The molecule has 0 radical (unpaired) electrons. The fourth-order valence-electron chi connectivity index (χ4n) is 2.40. The SMILES string of the molecule is O=C(Cc1cccc(F)c1)Nc1ccnn1Cc1ccc(Cl)cc1Cl. The van der Waals surface area contributed by atoms with Crippen molar-refractivity contribution in [3.05, 3.63) is 81.7 Å². The van der Waals surface area contributed by atoms with Gasteiger partial charge in [-0.25, -0.2) is 9.07 Å². The summed E-state index contributed by atoms with van der Waals surface area (Å²) in [7, 11) is 0. The van der Waals surface area contributed by atoms with E-state index in [2.05, 4.69) is 10.4 Å². The van der Waals surface area contributed by atoms with Crippen molar-refractivity contribution in [3.63, 3.8) is 0 Å². The van der Waals surface area contributed by atoms with Crippen molar-refractivity contribution in [2.75, 3.05) is 5.32 Å². The van der Waals surface area contributed by atoms with E-state index < -0.39 is 0 Å². The quantitative estimate of drug-likeness (QED) is 0.708. The summed E-state index contributed by atoms with van der Waals surface area (Å²) in [6.45, 7) is 0.387. The summed E-state index contributed by atoms with van der Waals surface area (Å²) in [6.07, 6.45) is 1.66. The van der Waals surface area contributed by atoms with Gasteiger partial charge in [-0.05, 0) is 35.4 Å². The number of hydrogen-bond donors (Lipinski definition) is 1. The van der Waals surface area contributed by atoms with Gasteiger partial charge in [-0.3, -0.25) is 4.79 Å². The summed E-state index contributed by atoms with van der Waals surface area (Å²) >= 11 is 12.1. The molecule has 0 aliphatic rings. The second kappa shape index (κ2) is 7.68. The lowest BCUT2D eigenvalue weighted by Gasteiger charge is -2.10. The van der Waals surface area contributed by atoms with Crippen molar-refractivity contribution in [1.29, 1.82) is 0 Å². The number of carbonyl (C=O) groups excluding carboxylic acids is 1. The Morgan fingerprint density at radius 2 is 2.00 bits per heavy atom. The third-order valence-corrected chi connectivity index (χ3v) is 4.16. The maximum absolute atomic E-state index is 13.2. The van der Waals surface area contributed by atoms with Gasteiger partial charge < -0.3 is 5.32 Å². The Bertz CT molecular complexity index is 911. The summed E-state index contributed by atoms with van der Waals surface area (Å²) in [4.78, 5) is 12.2. The van der Waals surface area contributed by atoms with Crippen LogP contribution in [0.25, 0.3) is 0 Å². The average Bonchev–Trinajstić information content (AvgIpc) is 2.97. The molecule has 0 aliphatic carbocycles. The van der Waals surface area contributed by atoms with Gasteiger partial charge in [-0.1, -0.05) is 41.4 Å². The summed E-state index contributed by atoms with van der Waals surface area (Å²) < 4.78 is 14.8. The first kappa shape index (κ1) is 17.5. The number of hydrogen-bond acceptors (Lipinski definition) is 2. The number of benzene rings is 2. The van der Waals surface area contributed by atoms with Crippen LogP contribution in [0.15, 0.2) is 54.7 Å². The lowest BCUT2D eigenvalue weighted by Crippen LogP contribution is -2.18. The molecule has 1 aromatic heterocycles. The molecule has 0 atom stereocenters. The summed E-state index contributed by atoms with van der Waals surface area (Å²) in [5, 5.41) is 8.06. The fraction of sp³-hybridized carbons (Fsp3) is 0.111. The summed E-state index contributed by atoms with van der Waals surface area (Å²) in [5.74, 6) is -0.0882. The Hall–Kier alpha value is -2.37. The lowest BCUT2D eigenvalue weighted by atomic mass is 10.1. The molecule has 0 saturated carbocycles. The second-order valence-corrected chi connectivity index (χ2v) is 6.31. The average molecular weight is 378 g/mol. The van der Waals surface area contributed by atoms with Crippen molar-refractivity contribution in [2.45, 2.75) is 13.0 Å². The van der Waals surface area contributed by atoms with Crippen molar-refractivity contribution in [3.8, 4) is 0 Å². The maximum atomic E-state index is 13.2. The van der Waals surface area contributed by atoms with Gasteiger partial charge in [-0.15, -0.1) is 0 Å². The predicted molar refractivity (Wildman–Crippen MR) is 96.5 cm³/mol. The Labute approximate surface area is 154 Å². The molecule has 0 bridgehead atoms. The highest BCUT2D eigenvalue weighted by Gasteiger charge is 2.10. The molecule has 128 valence electrons. The number of amides is 1. The first-order valence-corrected chi connectivity index (χ1v) is 8.27. The number of nitrogens with zero attached hydrogens (tertiary/aromatic N) is 2. The molecule has 25 heavy (non-hydrogen) atoms. The smallest absolute Gasteiger partial charge is 0.229 e. The van der Waals surface area contributed by atoms with Crippen LogP contribution < -0.4 is 5.32 Å². The van der Waals surface area contributed by atoms with E-state index in [9.17, 15) is 9.18 Å². The molecule has 0 fully saturated rings. The van der Waals surface area contributed by atoms with Gasteiger partial charge in [0.25, 0.3) is 0 Å². The Morgan fingerprint density at radius 1 is 1.16 bits per heavy atom. The van der Waals surface area contributed by atoms with Crippen molar-refractivity contribution in [1.82, 2.24) is 9.78 Å². The Morgan fingerprint density at radius 3 is 2.76 bits per heavy atom. The predicted octanol–water partition coefficient (Wildman–Crippen LogP) is 4.56. The number of halogens is 3. The lowest BCUT2D eigenvalue weighted by molar-refractivity contribution is -0.115. The molecule has 0 unspecified atom stereocenters. The molecular weight excluding hydrogens is 364 g/mol. The van der Waals surface area contributed by atoms with Crippen LogP contribution in [0.4, 0.5) is 10.2 Å². The molecule has 3 aromatic rings. The van der Waals surface area contributed by atoms with Crippen LogP contribution >= 0.6 is 23.2 Å². The van der Waals surface area contributed by atoms with Crippen LogP contribution in [0.5, 0.6) is 0 Å². The van der Waals surface area contributed by atoms with E-state index in [4.69, 9.17) is 23.2 Å². The number of nitrogens with one attached hydrogen (secondary N) is 1. The number of rotatable bonds is 5. The van der Waals surface area contributed by atoms with E-state index in [1.54, 1.807) is 41.2 Å². The monoisotopic (exact) mass is 377 g/mol. The van der Waals surface area contributed by atoms with Crippen LogP contribution in [0, 0.1) is 5.82 Å². The maximum Gasteiger partial charge on any atom is 0.229 e. The zero-order chi connectivity index (χ0) is 17.8. The minimum Gasteiger partial charge on any atom is -0.311 e. The van der Waals surface area contributed by atoms with Crippen LogP contribution in [0.2, 0.25) is 10.0 Å². The molecule has 1 amide bonds. The van der Waals surface area contributed by atoms with Crippen LogP contribution in [-0.2, 0) is 17.8 Å². The Kier molecular flexibility index (Phi) is 5.36. The molecule has 0 spiro atoms. The summed E-state index contributed by atoms with van der Waals surface area (Å²) in [5.41, 5.74) is 1.43. The van der Waals surface area contributed by atoms with Gasteiger partial charge in [-0.2, -0.15) is 5.10 Å². The first-order chi connectivity index (χ1) is 12.0. The molecule has 7 heteroatoms. The number of carbonyl (C=O) groups is 1. The molecule has 4 nitrogen and oxygen atoms in total. The Balaban J connectivity index is 1.70. The fourth-order valence-corrected chi connectivity index (χ4v) is 2.86. The highest BCUT2D eigenvalue weighted by Crippen LogP contribution is 2.22. The van der Waals surface area contributed by atoms with Gasteiger partial charge in [0, 0.05) is 16.1 Å². The van der Waals surface area contributed by atoms with Crippen molar-refractivity contribution in [2.24, 2.45) is 0 Å². The van der Waals surface area contributed by atoms with Gasteiger partial charge in [0.05, 0.1) is 19.2 Å². The van der Waals surface area contributed by atoms with Crippen molar-refractivity contribution >= 4 is 34.9 Å². The van der Waals surface area contributed by atoms with E-state index in [0.717, 1.165) is 5.56 Å². The topological polar surface area (TPSA) is 46.9 Å². The molecule has 0 aliphatic heterocycles. The number of aromatic nitrogens is 2. The van der Waals surface area contributed by atoms with Gasteiger partial charge in [0.2, 0.25) is 5.91 Å². The van der Waals surface area contributed by atoms with Crippen LogP contribution in [0.3, 0.4) is 0 Å². The molecule has 3 rings (SSSR count). The third-order valence-electron chi connectivity index (χ3n) is 3.57. The molecule has 1 heterocycles. The first-order valence-electron chi connectivity index (χ1n) is 7.51. The standard InChI is InChI=1S/C18H14Cl2FN3O/c19-14-5-4-13(16(20)10-14)11-24-17(6-7-22-24)23-18(25)9-12-2-1-3-15(21)8-12/h1-8,10H,9,11H2,(H,23,25). The van der Waals surface area contributed by atoms with Crippen molar-refractivity contribution < 1.29 is 9.18 Å². The zero-order valence-corrected chi connectivity index (χ0v) is 14.6. The molecule has 1 N–H and O–H groups in total. The molecular formula is C18H14Cl2FN3O. The minimum absolute atomic E-state index is 0.0740. The van der Waals surface area contributed by atoms with Crippen LogP contribution in [-0.4, -0.2) is 15.7 Å². The van der Waals surface area contributed by atoms with Crippen LogP contribution in [0.1, 0.15) is 11.1 Å². The number of anilines is 1. The van der Waals surface area contributed by atoms with Gasteiger partial charge >= 0.3 is 0 Å². The minimum atomic E-state index is -0.368. The van der Waals surface area contributed by atoms with Gasteiger partial charge in [0.15, 0.2) is 0 Å². The highest BCUT2D eigenvalue weighted by molar-refractivity contribution is 6.35. The van der Waals surface area contributed by atoms with E-state index in [1.165, 1.54) is 12.1 Å². The summed E-state index contributed by atoms with van der Waals surface area (Å²) in [6, 6.07) is 12.9. The second-order valence-electron chi connectivity index (χ2n) is 5.46. The van der Waals surface area contributed by atoms with Gasteiger partial charge in [0.1, 0.15) is 11.6 Å². The third kappa shape index (κ3) is 4.59. The highest BCUT2D eigenvalue weighted by atomic mass is 35.5. The molecule has 2 aromatic carbocycles. The van der Waals surface area contributed by atoms with E-state index in [1.807, 2.05) is 6.07 Å². The molecule has 0 saturated heterocycles. The van der Waals surface area contributed by atoms with E-state index in [0.29, 0.717) is 28.0 Å². The van der Waals surface area contributed by atoms with E-state index >= 15 is 0 Å². The normalized spacial score (nSPS) is 10.7. The zero-order valence-electron chi connectivity index (χ0n) is 13.0.